The van der Waals surface area contributed by atoms with Gasteiger partial charge < -0.3 is 28.4 Å². The van der Waals surface area contributed by atoms with Gasteiger partial charge >= 0.3 is 0 Å². The lowest BCUT2D eigenvalue weighted by Crippen LogP contribution is -2.44. The fourth-order valence-electron chi connectivity index (χ4n) is 3.77. The first-order chi connectivity index (χ1) is 16.9. The Hall–Kier alpha value is -3.85. The van der Waals surface area contributed by atoms with Gasteiger partial charge in [0.2, 0.25) is 12.7 Å². The van der Waals surface area contributed by atoms with Crippen LogP contribution in [0.5, 0.6) is 11.5 Å². The van der Waals surface area contributed by atoms with Crippen LogP contribution in [0.25, 0.3) is 0 Å². The van der Waals surface area contributed by atoms with Gasteiger partial charge in [-0.15, -0.1) is 0 Å². The lowest BCUT2D eigenvalue weighted by Gasteiger charge is -2.27. The Morgan fingerprint density at radius 3 is 2.54 bits per heavy atom. The number of aryl methyl sites for hydroxylation is 1. The first-order valence-electron chi connectivity index (χ1n) is 11.2. The van der Waals surface area contributed by atoms with Gasteiger partial charge in [-0.05, 0) is 48.9 Å². The van der Waals surface area contributed by atoms with E-state index in [4.69, 9.17) is 18.6 Å². The maximum atomic E-state index is 14.3. The molecule has 0 fully saturated rings. The Morgan fingerprint density at radius 1 is 1.00 bits per heavy atom. The number of halogens is 1. The van der Waals surface area contributed by atoms with Crippen LogP contribution in [-0.2, 0) is 22.6 Å². The predicted octanol–water partition coefficient (Wildman–Crippen LogP) is 3.77. The van der Waals surface area contributed by atoms with Crippen molar-refractivity contribution in [1.82, 2.24) is 9.80 Å². The zero-order valence-corrected chi connectivity index (χ0v) is 19.7. The van der Waals surface area contributed by atoms with Gasteiger partial charge in [0.25, 0.3) is 5.91 Å². The van der Waals surface area contributed by atoms with Crippen LogP contribution in [0.15, 0.2) is 59.0 Å². The number of amides is 2. The van der Waals surface area contributed by atoms with Crippen LogP contribution in [0.3, 0.4) is 0 Å². The van der Waals surface area contributed by atoms with E-state index in [0.29, 0.717) is 17.3 Å². The van der Waals surface area contributed by atoms with Crippen LogP contribution < -0.4 is 9.47 Å². The monoisotopic (exact) mass is 482 g/mol. The molecule has 1 aromatic heterocycles. The molecule has 0 saturated carbocycles. The lowest BCUT2D eigenvalue weighted by molar-refractivity contribution is -0.133. The SMILES string of the molecule is COCCN(CC(=O)N(Cc1ccc2c(c1)OCO2)Cc1ccc(C)o1)C(=O)c1ccccc1F. The maximum absolute atomic E-state index is 14.3. The molecule has 0 atom stereocenters. The second-order valence-electron chi connectivity index (χ2n) is 8.15. The smallest absolute Gasteiger partial charge is 0.257 e. The van der Waals surface area contributed by atoms with E-state index in [2.05, 4.69) is 0 Å². The first-order valence-corrected chi connectivity index (χ1v) is 11.2. The summed E-state index contributed by atoms with van der Waals surface area (Å²) in [7, 11) is 1.50. The molecule has 2 heterocycles. The summed E-state index contributed by atoms with van der Waals surface area (Å²) in [6, 6.07) is 14.8. The summed E-state index contributed by atoms with van der Waals surface area (Å²) in [5.41, 5.74) is 0.732. The van der Waals surface area contributed by atoms with Gasteiger partial charge in [0.1, 0.15) is 23.9 Å². The summed E-state index contributed by atoms with van der Waals surface area (Å²) in [6.45, 7) is 2.52. The first kappa shape index (κ1) is 24.3. The van der Waals surface area contributed by atoms with Crippen LogP contribution >= 0.6 is 0 Å². The predicted molar refractivity (Wildman–Crippen MR) is 124 cm³/mol. The summed E-state index contributed by atoms with van der Waals surface area (Å²) < 4.78 is 35.9. The second-order valence-corrected chi connectivity index (χ2v) is 8.15. The Labute approximate surface area is 202 Å². The van der Waals surface area contributed by atoms with Crippen molar-refractivity contribution in [1.29, 1.82) is 0 Å². The standard InChI is InChI=1S/C26H27FN2O6/c1-18-7-9-20(35-18)15-29(14-19-8-10-23-24(13-19)34-17-33-23)25(30)16-28(11-12-32-2)26(31)21-5-3-4-6-22(21)27/h3-10,13H,11-12,14-17H2,1-2H3. The van der Waals surface area contributed by atoms with Gasteiger partial charge in [0.05, 0.1) is 18.7 Å². The van der Waals surface area contributed by atoms with Crippen molar-refractivity contribution in [2.24, 2.45) is 0 Å². The molecule has 0 saturated heterocycles. The molecule has 4 rings (SSSR count). The molecule has 0 N–H and O–H groups in total. The van der Waals surface area contributed by atoms with E-state index in [9.17, 15) is 14.0 Å². The Kier molecular flexibility index (Phi) is 7.67. The highest BCUT2D eigenvalue weighted by atomic mass is 19.1. The number of fused-ring (bicyclic) bond motifs is 1. The number of benzene rings is 2. The quantitative estimate of drug-likeness (QED) is 0.438. The number of nitrogens with zero attached hydrogens (tertiary/aromatic N) is 2. The second kappa shape index (κ2) is 11.1. The lowest BCUT2D eigenvalue weighted by atomic mass is 10.1. The summed E-state index contributed by atoms with van der Waals surface area (Å²) in [4.78, 5) is 29.5. The van der Waals surface area contributed by atoms with E-state index in [1.165, 1.54) is 30.2 Å². The molecule has 8 nitrogen and oxygen atoms in total. The molecule has 2 aromatic carbocycles. The Balaban J connectivity index is 1.56. The topological polar surface area (TPSA) is 81.5 Å². The van der Waals surface area contributed by atoms with Crippen LogP contribution in [0.4, 0.5) is 4.39 Å². The molecule has 0 spiro atoms. The van der Waals surface area contributed by atoms with Crippen molar-refractivity contribution in [2.75, 3.05) is 33.6 Å². The highest BCUT2D eigenvalue weighted by molar-refractivity contribution is 5.96. The molecular weight excluding hydrogens is 455 g/mol. The fraction of sp³-hybridized carbons (Fsp3) is 0.308. The van der Waals surface area contributed by atoms with Crippen molar-refractivity contribution in [3.05, 3.63) is 83.1 Å². The summed E-state index contributed by atoms with van der Waals surface area (Å²) in [5, 5.41) is 0. The molecule has 0 radical (unpaired) electrons. The van der Waals surface area contributed by atoms with Crippen LogP contribution in [-0.4, -0.2) is 55.2 Å². The minimum atomic E-state index is -0.643. The molecular formula is C26H27FN2O6. The molecule has 9 heteroatoms. The van der Waals surface area contributed by atoms with Crippen molar-refractivity contribution in [3.8, 4) is 11.5 Å². The third-order valence-corrected chi connectivity index (χ3v) is 5.59. The number of ether oxygens (including phenoxy) is 3. The molecule has 1 aliphatic heterocycles. The maximum Gasteiger partial charge on any atom is 0.257 e. The van der Waals surface area contributed by atoms with Gasteiger partial charge in [0, 0.05) is 20.2 Å². The van der Waals surface area contributed by atoms with E-state index in [1.807, 2.05) is 31.2 Å². The normalized spacial score (nSPS) is 12.0. The molecule has 2 amide bonds. The fourth-order valence-corrected chi connectivity index (χ4v) is 3.77. The summed E-state index contributed by atoms with van der Waals surface area (Å²) >= 11 is 0. The summed E-state index contributed by atoms with van der Waals surface area (Å²) in [5.74, 6) is 1.06. The molecule has 184 valence electrons. The average Bonchev–Trinajstić information content (AvgIpc) is 3.49. The molecule has 35 heavy (non-hydrogen) atoms. The van der Waals surface area contributed by atoms with Crippen molar-refractivity contribution >= 4 is 11.8 Å². The van der Waals surface area contributed by atoms with Gasteiger partial charge in [-0.1, -0.05) is 18.2 Å². The minimum absolute atomic E-state index is 0.0969. The van der Waals surface area contributed by atoms with E-state index < -0.39 is 11.7 Å². The van der Waals surface area contributed by atoms with E-state index in [0.717, 1.165) is 11.3 Å². The van der Waals surface area contributed by atoms with Crippen LogP contribution in [0.2, 0.25) is 0 Å². The van der Waals surface area contributed by atoms with Crippen LogP contribution in [0.1, 0.15) is 27.4 Å². The van der Waals surface area contributed by atoms with Crippen molar-refractivity contribution in [2.45, 2.75) is 20.0 Å². The van der Waals surface area contributed by atoms with Crippen LogP contribution in [0, 0.1) is 12.7 Å². The number of carbonyl (C=O) groups excluding carboxylic acids is 2. The molecule has 3 aromatic rings. The van der Waals surface area contributed by atoms with E-state index in [1.54, 1.807) is 17.0 Å². The Bertz CT molecular complexity index is 1190. The van der Waals surface area contributed by atoms with E-state index >= 15 is 0 Å². The number of carbonyl (C=O) groups is 2. The number of hydrogen-bond acceptors (Lipinski definition) is 6. The third kappa shape index (κ3) is 5.99. The van der Waals surface area contributed by atoms with Gasteiger partial charge in [0.15, 0.2) is 11.5 Å². The van der Waals surface area contributed by atoms with Gasteiger partial charge in [-0.2, -0.15) is 0 Å². The molecule has 0 aliphatic carbocycles. The third-order valence-electron chi connectivity index (χ3n) is 5.59. The largest absolute Gasteiger partial charge is 0.464 e. The zero-order chi connectivity index (χ0) is 24.8. The van der Waals surface area contributed by atoms with Crippen molar-refractivity contribution in [3.63, 3.8) is 0 Å². The van der Waals surface area contributed by atoms with Gasteiger partial charge in [-0.25, -0.2) is 4.39 Å². The van der Waals surface area contributed by atoms with Gasteiger partial charge in [-0.3, -0.25) is 9.59 Å². The number of rotatable bonds is 10. The summed E-state index contributed by atoms with van der Waals surface area (Å²) in [6.07, 6.45) is 0. The highest BCUT2D eigenvalue weighted by Crippen LogP contribution is 2.33. The molecule has 0 unspecified atom stereocenters. The Morgan fingerprint density at radius 2 is 1.80 bits per heavy atom. The number of hydrogen-bond donors (Lipinski definition) is 0. The zero-order valence-electron chi connectivity index (χ0n) is 19.7. The minimum Gasteiger partial charge on any atom is -0.464 e. The van der Waals surface area contributed by atoms with E-state index in [-0.39, 0.29) is 51.0 Å². The molecule has 0 bridgehead atoms. The highest BCUT2D eigenvalue weighted by Gasteiger charge is 2.25. The number of furan rings is 1. The average molecular weight is 483 g/mol. The van der Waals surface area contributed by atoms with Crippen molar-refractivity contribution < 1.29 is 32.6 Å². The number of methoxy groups -OCH3 is 1. The molecule has 1 aliphatic rings.